The van der Waals surface area contributed by atoms with Crippen LogP contribution in [0.15, 0.2) is 18.2 Å². The van der Waals surface area contributed by atoms with E-state index in [4.69, 9.17) is 14.6 Å². The van der Waals surface area contributed by atoms with Crippen molar-refractivity contribution in [3.8, 4) is 11.5 Å². The van der Waals surface area contributed by atoms with Crippen molar-refractivity contribution in [3.63, 3.8) is 0 Å². The lowest BCUT2D eigenvalue weighted by Crippen LogP contribution is -2.31. The number of amides is 1. The Labute approximate surface area is 106 Å². The van der Waals surface area contributed by atoms with E-state index in [1.54, 1.807) is 0 Å². The monoisotopic (exact) mass is 251 g/mol. The SMILES string of the molecule is CC(O)C(=O)NCc1ccc2c(c1)OCCCO2. The Bertz CT molecular complexity index is 431. The van der Waals surface area contributed by atoms with Gasteiger partial charge in [0, 0.05) is 13.0 Å². The van der Waals surface area contributed by atoms with Crippen LogP contribution in [0.2, 0.25) is 0 Å². The van der Waals surface area contributed by atoms with Gasteiger partial charge in [-0.2, -0.15) is 0 Å². The highest BCUT2D eigenvalue weighted by Crippen LogP contribution is 2.30. The minimum Gasteiger partial charge on any atom is -0.490 e. The Hall–Kier alpha value is -1.75. The fourth-order valence-corrected chi connectivity index (χ4v) is 1.65. The lowest BCUT2D eigenvalue weighted by molar-refractivity contribution is -0.128. The zero-order valence-corrected chi connectivity index (χ0v) is 10.3. The first-order valence-electron chi connectivity index (χ1n) is 6.01. The van der Waals surface area contributed by atoms with E-state index in [-0.39, 0.29) is 5.91 Å². The summed E-state index contributed by atoms with van der Waals surface area (Å²) in [6.45, 7) is 3.09. The smallest absolute Gasteiger partial charge is 0.248 e. The first-order valence-corrected chi connectivity index (χ1v) is 6.01. The van der Waals surface area contributed by atoms with Gasteiger partial charge in [0.1, 0.15) is 6.10 Å². The van der Waals surface area contributed by atoms with Gasteiger partial charge in [-0.3, -0.25) is 4.79 Å². The van der Waals surface area contributed by atoms with Gasteiger partial charge in [0.05, 0.1) is 13.2 Å². The third kappa shape index (κ3) is 3.13. The molecule has 5 nitrogen and oxygen atoms in total. The Balaban J connectivity index is 2.02. The van der Waals surface area contributed by atoms with Crippen LogP contribution in [0.5, 0.6) is 11.5 Å². The predicted molar refractivity (Wildman–Crippen MR) is 65.6 cm³/mol. The van der Waals surface area contributed by atoms with E-state index in [0.29, 0.717) is 25.5 Å². The van der Waals surface area contributed by atoms with Gasteiger partial charge in [-0.25, -0.2) is 0 Å². The molecule has 1 aromatic rings. The molecular formula is C13H17NO4. The first kappa shape index (κ1) is 12.7. The Morgan fingerprint density at radius 1 is 1.39 bits per heavy atom. The second-order valence-corrected chi connectivity index (χ2v) is 4.23. The molecule has 2 N–H and O–H groups in total. The number of rotatable bonds is 3. The maximum absolute atomic E-state index is 11.2. The van der Waals surface area contributed by atoms with Crippen molar-refractivity contribution in [2.45, 2.75) is 26.0 Å². The van der Waals surface area contributed by atoms with Gasteiger partial charge in [0.25, 0.3) is 0 Å². The van der Waals surface area contributed by atoms with Crippen LogP contribution < -0.4 is 14.8 Å². The topological polar surface area (TPSA) is 67.8 Å². The zero-order valence-electron chi connectivity index (χ0n) is 10.3. The fraction of sp³-hybridized carbons (Fsp3) is 0.462. The molecule has 0 saturated heterocycles. The molecule has 98 valence electrons. The lowest BCUT2D eigenvalue weighted by atomic mass is 10.2. The van der Waals surface area contributed by atoms with E-state index < -0.39 is 6.10 Å². The molecule has 1 aromatic carbocycles. The van der Waals surface area contributed by atoms with Gasteiger partial charge in [0.15, 0.2) is 11.5 Å². The molecule has 0 aliphatic carbocycles. The lowest BCUT2D eigenvalue weighted by Gasteiger charge is -2.10. The quantitative estimate of drug-likeness (QED) is 0.835. The van der Waals surface area contributed by atoms with Crippen LogP contribution in [0.1, 0.15) is 18.9 Å². The molecular weight excluding hydrogens is 234 g/mol. The number of ether oxygens (including phenoxy) is 2. The first-order chi connectivity index (χ1) is 8.66. The number of nitrogens with one attached hydrogen (secondary N) is 1. The summed E-state index contributed by atoms with van der Waals surface area (Å²) in [5.41, 5.74) is 0.910. The summed E-state index contributed by atoms with van der Waals surface area (Å²) in [6, 6.07) is 5.56. The van der Waals surface area contributed by atoms with Gasteiger partial charge in [-0.05, 0) is 24.6 Å². The van der Waals surface area contributed by atoms with E-state index in [0.717, 1.165) is 17.7 Å². The molecule has 0 saturated carbocycles. The van der Waals surface area contributed by atoms with Crippen LogP contribution >= 0.6 is 0 Å². The largest absolute Gasteiger partial charge is 0.490 e. The van der Waals surface area contributed by atoms with E-state index >= 15 is 0 Å². The van der Waals surface area contributed by atoms with E-state index in [1.165, 1.54) is 6.92 Å². The summed E-state index contributed by atoms with van der Waals surface area (Å²) in [6.07, 6.45) is -0.131. The maximum atomic E-state index is 11.2. The normalized spacial score (nSPS) is 15.7. The van der Waals surface area contributed by atoms with Gasteiger partial charge in [0.2, 0.25) is 5.91 Å². The summed E-state index contributed by atoms with van der Waals surface area (Å²) >= 11 is 0. The average Bonchev–Trinajstić information content (AvgIpc) is 2.60. The van der Waals surface area contributed by atoms with Crippen molar-refractivity contribution in [1.82, 2.24) is 5.32 Å². The molecule has 1 aliphatic heterocycles. The van der Waals surface area contributed by atoms with Crippen LogP contribution in [0, 0.1) is 0 Å². The molecule has 1 amide bonds. The number of aliphatic hydroxyl groups excluding tert-OH is 1. The van der Waals surface area contributed by atoms with Crippen LogP contribution in [-0.2, 0) is 11.3 Å². The number of hydrogen-bond acceptors (Lipinski definition) is 4. The molecule has 2 rings (SSSR count). The number of hydrogen-bond donors (Lipinski definition) is 2. The molecule has 0 radical (unpaired) electrons. The Kier molecular flexibility index (Phi) is 4.04. The van der Waals surface area contributed by atoms with E-state index in [2.05, 4.69) is 5.32 Å². The van der Waals surface area contributed by atoms with Crippen molar-refractivity contribution in [2.24, 2.45) is 0 Å². The second kappa shape index (κ2) is 5.73. The van der Waals surface area contributed by atoms with E-state index in [1.807, 2.05) is 18.2 Å². The summed E-state index contributed by atoms with van der Waals surface area (Å²) in [7, 11) is 0. The molecule has 0 spiro atoms. The van der Waals surface area contributed by atoms with Gasteiger partial charge >= 0.3 is 0 Å². The van der Waals surface area contributed by atoms with Gasteiger partial charge in [-0.15, -0.1) is 0 Å². The molecule has 1 atom stereocenters. The molecule has 1 heterocycles. The molecule has 1 aliphatic rings. The zero-order chi connectivity index (χ0) is 13.0. The fourth-order valence-electron chi connectivity index (χ4n) is 1.65. The predicted octanol–water partition coefficient (Wildman–Crippen LogP) is 0.845. The number of benzene rings is 1. The summed E-state index contributed by atoms with van der Waals surface area (Å²) in [5, 5.41) is 11.7. The second-order valence-electron chi connectivity index (χ2n) is 4.23. The average molecular weight is 251 g/mol. The standard InChI is InChI=1S/C13H17NO4/c1-9(15)13(16)14-8-10-3-4-11-12(7-10)18-6-2-5-17-11/h3-4,7,9,15H,2,5-6,8H2,1H3,(H,14,16). The van der Waals surface area contributed by atoms with Crippen molar-refractivity contribution in [2.75, 3.05) is 13.2 Å². The highest BCUT2D eigenvalue weighted by Gasteiger charge is 2.12. The third-order valence-electron chi connectivity index (χ3n) is 2.66. The summed E-state index contributed by atoms with van der Waals surface area (Å²) < 4.78 is 11.1. The van der Waals surface area contributed by atoms with Crippen LogP contribution in [-0.4, -0.2) is 30.3 Å². The third-order valence-corrected chi connectivity index (χ3v) is 2.66. The van der Waals surface area contributed by atoms with Crippen molar-refractivity contribution in [3.05, 3.63) is 23.8 Å². The molecule has 0 aromatic heterocycles. The van der Waals surface area contributed by atoms with Crippen LogP contribution in [0.25, 0.3) is 0 Å². The summed E-state index contributed by atoms with van der Waals surface area (Å²) in [4.78, 5) is 11.2. The van der Waals surface area contributed by atoms with Crippen molar-refractivity contribution < 1.29 is 19.4 Å². The van der Waals surface area contributed by atoms with Gasteiger partial charge in [-0.1, -0.05) is 6.07 Å². The highest BCUT2D eigenvalue weighted by molar-refractivity contribution is 5.79. The number of carbonyl (C=O) groups excluding carboxylic acids is 1. The van der Waals surface area contributed by atoms with Crippen molar-refractivity contribution >= 4 is 5.91 Å². The molecule has 18 heavy (non-hydrogen) atoms. The van der Waals surface area contributed by atoms with E-state index in [9.17, 15) is 4.79 Å². The van der Waals surface area contributed by atoms with Crippen LogP contribution in [0.3, 0.4) is 0 Å². The highest BCUT2D eigenvalue weighted by atomic mass is 16.5. The Morgan fingerprint density at radius 3 is 2.83 bits per heavy atom. The van der Waals surface area contributed by atoms with Crippen molar-refractivity contribution in [1.29, 1.82) is 0 Å². The number of fused-ring (bicyclic) bond motifs is 1. The summed E-state index contributed by atoms with van der Waals surface area (Å²) in [5.74, 6) is 1.05. The molecule has 0 fully saturated rings. The minimum atomic E-state index is -0.995. The van der Waals surface area contributed by atoms with Crippen LogP contribution in [0.4, 0.5) is 0 Å². The van der Waals surface area contributed by atoms with Gasteiger partial charge < -0.3 is 19.9 Å². The number of aliphatic hydroxyl groups is 1. The minimum absolute atomic E-state index is 0.361. The number of carbonyl (C=O) groups is 1. The molecule has 1 unspecified atom stereocenters. The maximum Gasteiger partial charge on any atom is 0.248 e. The molecule has 5 heteroatoms. The molecule has 0 bridgehead atoms. The Morgan fingerprint density at radius 2 is 2.11 bits per heavy atom.